The molecule has 0 spiro atoms. The van der Waals surface area contributed by atoms with Gasteiger partial charge in [-0.1, -0.05) is 13.8 Å². The summed E-state index contributed by atoms with van der Waals surface area (Å²) < 4.78 is 0. The Balaban J connectivity index is 2.04. The molecule has 1 aliphatic carbocycles. The molecule has 1 saturated carbocycles. The zero-order valence-corrected chi connectivity index (χ0v) is 10.3. The molecule has 1 heterocycles. The smallest absolute Gasteiger partial charge is 0.166 e. The molecule has 0 amide bonds. The number of nitriles is 1. The molecule has 3 unspecified atom stereocenters. The summed E-state index contributed by atoms with van der Waals surface area (Å²) in [7, 11) is 0. The maximum absolute atomic E-state index is 8.98. The fourth-order valence-electron chi connectivity index (χ4n) is 2.40. The van der Waals surface area contributed by atoms with Crippen LogP contribution < -0.4 is 5.32 Å². The summed E-state index contributed by atoms with van der Waals surface area (Å²) in [6.07, 6.45) is 5.08. The van der Waals surface area contributed by atoms with Crippen molar-refractivity contribution >= 4 is 5.82 Å². The van der Waals surface area contributed by atoms with Crippen LogP contribution in [-0.2, 0) is 0 Å². The number of hydrogen-bond donors (Lipinski definition) is 1. The topological polar surface area (TPSA) is 61.6 Å². The molecule has 0 aliphatic heterocycles. The van der Waals surface area contributed by atoms with Gasteiger partial charge in [-0.3, -0.25) is 0 Å². The van der Waals surface area contributed by atoms with Gasteiger partial charge in [-0.25, -0.2) is 0 Å². The lowest BCUT2D eigenvalue weighted by atomic mass is 9.79. The number of rotatable bonds is 2. The van der Waals surface area contributed by atoms with Gasteiger partial charge in [-0.05, 0) is 37.2 Å². The van der Waals surface area contributed by atoms with Crippen molar-refractivity contribution in [2.45, 2.75) is 39.2 Å². The van der Waals surface area contributed by atoms with Crippen LogP contribution >= 0.6 is 0 Å². The normalized spacial score (nSPS) is 28.4. The molecular formula is C13H18N4. The monoisotopic (exact) mass is 230 g/mol. The van der Waals surface area contributed by atoms with Gasteiger partial charge >= 0.3 is 0 Å². The third-order valence-electron chi connectivity index (χ3n) is 3.78. The van der Waals surface area contributed by atoms with Crippen LogP contribution in [0.4, 0.5) is 5.82 Å². The van der Waals surface area contributed by atoms with Crippen LogP contribution in [0.2, 0.25) is 0 Å². The van der Waals surface area contributed by atoms with Crippen molar-refractivity contribution < 1.29 is 0 Å². The highest BCUT2D eigenvalue weighted by molar-refractivity contribution is 5.50. The maximum atomic E-state index is 8.98. The Morgan fingerprint density at radius 1 is 1.35 bits per heavy atom. The third-order valence-corrected chi connectivity index (χ3v) is 3.78. The SMILES string of the molecule is CC1CCC(Nc2nnccc2C#N)CC1C. The Hall–Kier alpha value is -1.63. The molecule has 4 heteroatoms. The molecular weight excluding hydrogens is 212 g/mol. The Labute approximate surface area is 102 Å². The van der Waals surface area contributed by atoms with Crippen molar-refractivity contribution in [3.05, 3.63) is 17.8 Å². The number of nitrogens with zero attached hydrogens (tertiary/aromatic N) is 3. The molecule has 90 valence electrons. The van der Waals surface area contributed by atoms with E-state index in [0.29, 0.717) is 17.4 Å². The minimum atomic E-state index is 0.421. The highest BCUT2D eigenvalue weighted by atomic mass is 15.2. The first-order valence-corrected chi connectivity index (χ1v) is 6.19. The average Bonchev–Trinajstić information content (AvgIpc) is 2.34. The van der Waals surface area contributed by atoms with Gasteiger partial charge in [0.05, 0.1) is 11.8 Å². The van der Waals surface area contributed by atoms with Gasteiger partial charge < -0.3 is 5.32 Å². The van der Waals surface area contributed by atoms with Gasteiger partial charge in [-0.15, -0.1) is 5.10 Å². The summed E-state index contributed by atoms with van der Waals surface area (Å²) in [4.78, 5) is 0. The van der Waals surface area contributed by atoms with Crippen molar-refractivity contribution in [2.24, 2.45) is 11.8 Å². The quantitative estimate of drug-likeness (QED) is 0.848. The second-order valence-electron chi connectivity index (χ2n) is 5.01. The number of aromatic nitrogens is 2. The first kappa shape index (κ1) is 11.8. The van der Waals surface area contributed by atoms with Gasteiger partial charge in [0.25, 0.3) is 0 Å². The summed E-state index contributed by atoms with van der Waals surface area (Å²) >= 11 is 0. The van der Waals surface area contributed by atoms with E-state index in [9.17, 15) is 0 Å². The summed E-state index contributed by atoms with van der Waals surface area (Å²) in [6, 6.07) is 4.26. The molecule has 1 fully saturated rings. The van der Waals surface area contributed by atoms with Crippen molar-refractivity contribution in [3.63, 3.8) is 0 Å². The van der Waals surface area contributed by atoms with Crippen LogP contribution in [0.1, 0.15) is 38.7 Å². The molecule has 1 aromatic heterocycles. The van der Waals surface area contributed by atoms with Gasteiger partial charge in [0, 0.05) is 6.04 Å². The Bertz CT molecular complexity index is 424. The summed E-state index contributed by atoms with van der Waals surface area (Å²) in [5, 5.41) is 20.2. The van der Waals surface area contributed by atoms with E-state index in [2.05, 4.69) is 35.4 Å². The van der Waals surface area contributed by atoms with Crippen molar-refractivity contribution in [1.82, 2.24) is 10.2 Å². The number of nitrogens with one attached hydrogen (secondary N) is 1. The van der Waals surface area contributed by atoms with Crippen LogP contribution in [0.15, 0.2) is 12.3 Å². The van der Waals surface area contributed by atoms with Gasteiger partial charge in [0.2, 0.25) is 0 Å². The van der Waals surface area contributed by atoms with Gasteiger partial charge in [-0.2, -0.15) is 10.4 Å². The predicted molar refractivity (Wildman–Crippen MR) is 66.3 cm³/mol. The Morgan fingerprint density at radius 2 is 2.18 bits per heavy atom. The third kappa shape index (κ3) is 2.73. The molecule has 4 nitrogen and oxygen atoms in total. The largest absolute Gasteiger partial charge is 0.365 e. The zero-order chi connectivity index (χ0) is 12.3. The molecule has 0 aromatic carbocycles. The highest BCUT2D eigenvalue weighted by Crippen LogP contribution is 2.30. The van der Waals surface area contributed by atoms with Crippen LogP contribution in [0.25, 0.3) is 0 Å². The van der Waals surface area contributed by atoms with E-state index in [4.69, 9.17) is 5.26 Å². The van der Waals surface area contributed by atoms with Crippen molar-refractivity contribution in [1.29, 1.82) is 5.26 Å². The Kier molecular flexibility index (Phi) is 3.58. The number of hydrogen-bond acceptors (Lipinski definition) is 4. The zero-order valence-electron chi connectivity index (χ0n) is 10.3. The van der Waals surface area contributed by atoms with E-state index in [1.54, 1.807) is 12.3 Å². The highest BCUT2D eigenvalue weighted by Gasteiger charge is 2.25. The van der Waals surface area contributed by atoms with E-state index in [0.717, 1.165) is 24.7 Å². The standard InChI is InChI=1S/C13H18N4/c1-9-3-4-12(7-10(9)2)16-13-11(8-14)5-6-15-17-13/h5-6,9-10,12H,3-4,7H2,1-2H3,(H,16,17). The lowest BCUT2D eigenvalue weighted by Crippen LogP contribution is -2.31. The fraction of sp³-hybridized carbons (Fsp3) is 0.615. The Morgan fingerprint density at radius 3 is 2.88 bits per heavy atom. The van der Waals surface area contributed by atoms with E-state index < -0.39 is 0 Å². The first-order valence-electron chi connectivity index (χ1n) is 6.19. The predicted octanol–water partition coefficient (Wildman–Crippen LogP) is 2.58. The van der Waals surface area contributed by atoms with E-state index in [1.807, 2.05) is 0 Å². The molecule has 0 bridgehead atoms. The van der Waals surface area contributed by atoms with E-state index in [1.165, 1.54) is 6.42 Å². The average molecular weight is 230 g/mol. The molecule has 1 aromatic rings. The lowest BCUT2D eigenvalue weighted by Gasteiger charge is -2.32. The lowest BCUT2D eigenvalue weighted by molar-refractivity contribution is 0.260. The fourth-order valence-corrected chi connectivity index (χ4v) is 2.40. The molecule has 1 aliphatic rings. The maximum Gasteiger partial charge on any atom is 0.166 e. The van der Waals surface area contributed by atoms with Crippen LogP contribution in [0.3, 0.4) is 0 Å². The van der Waals surface area contributed by atoms with Crippen molar-refractivity contribution in [3.8, 4) is 6.07 Å². The second-order valence-corrected chi connectivity index (χ2v) is 5.01. The minimum Gasteiger partial charge on any atom is -0.365 e. The first-order chi connectivity index (χ1) is 8.20. The molecule has 1 N–H and O–H groups in total. The van der Waals surface area contributed by atoms with Crippen LogP contribution in [0, 0.1) is 23.2 Å². The molecule has 0 saturated heterocycles. The summed E-state index contributed by atoms with van der Waals surface area (Å²) in [6.45, 7) is 4.60. The molecule has 2 rings (SSSR count). The van der Waals surface area contributed by atoms with Gasteiger partial charge in [0.15, 0.2) is 5.82 Å². The molecule has 3 atom stereocenters. The summed E-state index contributed by atoms with van der Waals surface area (Å²) in [5.74, 6) is 2.15. The van der Waals surface area contributed by atoms with Crippen molar-refractivity contribution in [2.75, 3.05) is 5.32 Å². The van der Waals surface area contributed by atoms with Crippen LogP contribution in [-0.4, -0.2) is 16.2 Å². The van der Waals surface area contributed by atoms with E-state index >= 15 is 0 Å². The molecule has 0 radical (unpaired) electrons. The number of anilines is 1. The molecule has 17 heavy (non-hydrogen) atoms. The summed E-state index contributed by atoms with van der Waals surface area (Å²) in [5.41, 5.74) is 0.575. The van der Waals surface area contributed by atoms with Crippen LogP contribution in [0.5, 0.6) is 0 Å². The minimum absolute atomic E-state index is 0.421. The van der Waals surface area contributed by atoms with E-state index in [-0.39, 0.29) is 0 Å². The van der Waals surface area contributed by atoms with Gasteiger partial charge in [0.1, 0.15) is 6.07 Å². The second kappa shape index (κ2) is 5.13.